The molecule has 0 aromatic rings. The van der Waals surface area contributed by atoms with Gasteiger partial charge in [0.05, 0.1) is 0 Å². The van der Waals surface area contributed by atoms with Crippen LogP contribution in [0.3, 0.4) is 0 Å². The van der Waals surface area contributed by atoms with Crippen LogP contribution in [-0.4, -0.2) is 56.9 Å². The van der Waals surface area contributed by atoms with E-state index in [1.54, 1.807) is 0 Å². The second-order valence-electron chi connectivity index (χ2n) is 3.85. The molecule has 0 rings (SSSR count). The third kappa shape index (κ3) is 12.9. The molecule has 0 radical (unpaired) electrons. The van der Waals surface area contributed by atoms with Gasteiger partial charge in [-0.3, -0.25) is 24.0 Å². The van der Waals surface area contributed by atoms with Crippen molar-refractivity contribution in [3.8, 4) is 0 Å². The first-order chi connectivity index (χ1) is 8.63. The van der Waals surface area contributed by atoms with Crippen LogP contribution in [0.4, 0.5) is 0 Å². The van der Waals surface area contributed by atoms with Crippen molar-refractivity contribution in [2.75, 3.05) is 0 Å². The molecular formula is C12H21AlO7. The third-order valence-electron chi connectivity index (χ3n) is 1.94. The Morgan fingerprint density at radius 1 is 0.950 bits per heavy atom. The van der Waals surface area contributed by atoms with Gasteiger partial charge in [0.25, 0.3) is 0 Å². The average Bonchev–Trinajstić information content (AvgIpc) is 2.14. The zero-order chi connectivity index (χ0) is 15.6. The molecule has 0 atom stereocenters. The maximum Gasteiger partial charge on any atom is 0.321 e. The van der Waals surface area contributed by atoms with Gasteiger partial charge in [0.1, 0.15) is 12.2 Å². The minimum Gasteiger partial charge on any atom is -0.481 e. The SMILES string of the molecule is CC(=O)C(C(C)=O)C(=O)O.CCCC(=O)CC(=O)O.[AlH3]. The highest BCUT2D eigenvalue weighted by atomic mass is 27.0. The number of ketones is 3. The van der Waals surface area contributed by atoms with Crippen LogP contribution in [0.5, 0.6) is 0 Å². The summed E-state index contributed by atoms with van der Waals surface area (Å²) in [5.41, 5.74) is 0. The van der Waals surface area contributed by atoms with Crippen molar-refractivity contribution in [3.05, 3.63) is 0 Å². The second kappa shape index (κ2) is 12.5. The summed E-state index contributed by atoms with van der Waals surface area (Å²) in [5.74, 6) is -5.32. The summed E-state index contributed by atoms with van der Waals surface area (Å²) < 4.78 is 0. The molecule has 2 N–H and O–H groups in total. The lowest BCUT2D eigenvalue weighted by molar-refractivity contribution is -0.149. The Balaban J connectivity index is -0.000000277. The molecule has 8 heteroatoms. The smallest absolute Gasteiger partial charge is 0.321 e. The molecule has 114 valence electrons. The number of rotatable bonds is 7. The van der Waals surface area contributed by atoms with Crippen LogP contribution in [0.1, 0.15) is 40.0 Å². The summed E-state index contributed by atoms with van der Waals surface area (Å²) in [5, 5.41) is 16.4. The van der Waals surface area contributed by atoms with Gasteiger partial charge >= 0.3 is 11.9 Å². The maximum atomic E-state index is 10.5. The van der Waals surface area contributed by atoms with Crippen molar-refractivity contribution in [1.82, 2.24) is 0 Å². The molecule has 0 bridgehead atoms. The Hall–Kier alpha value is -1.52. The third-order valence-corrected chi connectivity index (χ3v) is 1.94. The fourth-order valence-electron chi connectivity index (χ4n) is 1.17. The van der Waals surface area contributed by atoms with Crippen molar-refractivity contribution >= 4 is 46.6 Å². The Morgan fingerprint density at radius 3 is 1.50 bits per heavy atom. The summed E-state index contributed by atoms with van der Waals surface area (Å²) in [6.45, 7) is 4.01. The first kappa shape index (κ1) is 23.6. The van der Waals surface area contributed by atoms with Gasteiger partial charge in [0.2, 0.25) is 0 Å². The van der Waals surface area contributed by atoms with Crippen LogP contribution in [0, 0.1) is 5.92 Å². The van der Waals surface area contributed by atoms with Crippen molar-refractivity contribution in [3.63, 3.8) is 0 Å². The van der Waals surface area contributed by atoms with Crippen molar-refractivity contribution in [2.45, 2.75) is 40.0 Å². The average molecular weight is 304 g/mol. The van der Waals surface area contributed by atoms with Gasteiger partial charge in [-0.1, -0.05) is 6.92 Å². The molecule has 0 aliphatic carbocycles. The largest absolute Gasteiger partial charge is 0.481 e. The van der Waals surface area contributed by atoms with Crippen LogP contribution in [0.2, 0.25) is 0 Å². The van der Waals surface area contributed by atoms with E-state index >= 15 is 0 Å². The number of aliphatic carboxylic acids is 2. The van der Waals surface area contributed by atoms with Crippen molar-refractivity contribution < 1.29 is 34.2 Å². The first-order valence-electron chi connectivity index (χ1n) is 5.60. The lowest BCUT2D eigenvalue weighted by Gasteiger charge is -2.01. The minimum atomic E-state index is -1.47. The maximum absolute atomic E-state index is 10.5. The zero-order valence-electron chi connectivity index (χ0n) is 11.1. The molecule has 0 amide bonds. The number of hydrogen-bond donors (Lipinski definition) is 2. The molecule has 20 heavy (non-hydrogen) atoms. The van der Waals surface area contributed by atoms with E-state index in [4.69, 9.17) is 10.2 Å². The van der Waals surface area contributed by atoms with E-state index in [0.29, 0.717) is 6.42 Å². The highest BCUT2D eigenvalue weighted by molar-refractivity contribution is 6.15. The van der Waals surface area contributed by atoms with Crippen LogP contribution in [0.15, 0.2) is 0 Å². The van der Waals surface area contributed by atoms with Crippen LogP contribution in [0.25, 0.3) is 0 Å². The van der Waals surface area contributed by atoms with E-state index in [1.165, 1.54) is 0 Å². The molecule has 0 unspecified atom stereocenters. The zero-order valence-corrected chi connectivity index (χ0v) is 11.1. The quantitative estimate of drug-likeness (QED) is 0.480. The predicted octanol–water partition coefficient (Wildman–Crippen LogP) is -0.488. The summed E-state index contributed by atoms with van der Waals surface area (Å²) >= 11 is 0. The Kier molecular flexibility index (Phi) is 14.7. The summed E-state index contributed by atoms with van der Waals surface area (Å²) in [7, 11) is 0. The highest BCUT2D eigenvalue weighted by Gasteiger charge is 2.26. The number of hydrogen-bond acceptors (Lipinski definition) is 5. The monoisotopic (exact) mass is 304 g/mol. The van der Waals surface area contributed by atoms with Gasteiger partial charge in [-0.2, -0.15) is 0 Å². The summed E-state index contributed by atoms with van der Waals surface area (Å²) in [4.78, 5) is 51.3. The molecule has 0 spiro atoms. The van der Waals surface area contributed by atoms with E-state index in [-0.39, 0.29) is 29.6 Å². The van der Waals surface area contributed by atoms with E-state index < -0.39 is 29.4 Å². The van der Waals surface area contributed by atoms with Crippen molar-refractivity contribution in [2.24, 2.45) is 5.92 Å². The predicted molar refractivity (Wildman–Crippen MR) is 74.6 cm³/mol. The standard InChI is InChI=1S/C6H8O4.C6H10O3.Al.3H/c1-3(7)5(4(2)8)6(9)10;1-2-3-5(7)4-6(8)9;;;;/h5H,1-2H3,(H,9,10);2-4H2,1H3,(H,8,9);;;;. The van der Waals surface area contributed by atoms with E-state index in [9.17, 15) is 24.0 Å². The van der Waals surface area contributed by atoms with Gasteiger partial charge in [0, 0.05) is 6.42 Å². The number of carbonyl (C=O) groups is 5. The first-order valence-corrected chi connectivity index (χ1v) is 5.60. The highest BCUT2D eigenvalue weighted by Crippen LogP contribution is 1.99. The number of carbonyl (C=O) groups excluding carboxylic acids is 3. The van der Waals surface area contributed by atoms with Gasteiger partial charge in [-0.05, 0) is 20.3 Å². The lowest BCUT2D eigenvalue weighted by Crippen LogP contribution is -2.27. The molecule has 0 aliphatic heterocycles. The molecule has 0 aromatic heterocycles. The van der Waals surface area contributed by atoms with Gasteiger partial charge in [-0.15, -0.1) is 0 Å². The Morgan fingerprint density at radius 2 is 1.35 bits per heavy atom. The fourth-order valence-corrected chi connectivity index (χ4v) is 1.17. The van der Waals surface area contributed by atoms with Crippen LogP contribution >= 0.6 is 0 Å². The molecule has 7 nitrogen and oxygen atoms in total. The van der Waals surface area contributed by atoms with Crippen molar-refractivity contribution in [1.29, 1.82) is 0 Å². The minimum absolute atomic E-state index is 0. The molecule has 0 aromatic carbocycles. The molecule has 0 saturated carbocycles. The number of carboxylic acids is 2. The number of Topliss-reactive ketones (excluding diaryl/α,β-unsaturated/α-hetero) is 3. The normalized spacial score (nSPS) is 8.80. The second-order valence-corrected chi connectivity index (χ2v) is 3.85. The van der Waals surface area contributed by atoms with Gasteiger partial charge < -0.3 is 10.2 Å². The topological polar surface area (TPSA) is 126 Å². The molecule has 0 heterocycles. The molecular weight excluding hydrogens is 283 g/mol. The summed E-state index contributed by atoms with van der Waals surface area (Å²) in [6, 6.07) is 0. The van der Waals surface area contributed by atoms with Crippen LogP contribution in [-0.2, 0) is 24.0 Å². The lowest BCUT2D eigenvalue weighted by atomic mass is 10.0. The Bertz CT molecular complexity index is 343. The number of carboxylic acid groups (broad SMARTS) is 2. The van der Waals surface area contributed by atoms with E-state index in [0.717, 1.165) is 20.3 Å². The molecule has 0 saturated heterocycles. The Labute approximate surface area is 127 Å². The molecule has 0 fully saturated rings. The molecule has 0 aliphatic rings. The summed E-state index contributed by atoms with van der Waals surface area (Å²) in [6.07, 6.45) is 0.784. The van der Waals surface area contributed by atoms with Gasteiger partial charge in [0.15, 0.2) is 34.8 Å². The van der Waals surface area contributed by atoms with Gasteiger partial charge in [-0.25, -0.2) is 0 Å². The fraction of sp³-hybridized carbons (Fsp3) is 0.583. The van der Waals surface area contributed by atoms with Crippen LogP contribution < -0.4 is 0 Å². The van der Waals surface area contributed by atoms with E-state index in [2.05, 4.69) is 0 Å². The van der Waals surface area contributed by atoms with E-state index in [1.807, 2.05) is 6.92 Å².